The molecule has 1 aromatic carbocycles. The van der Waals surface area contributed by atoms with Gasteiger partial charge in [0.25, 0.3) is 5.91 Å². The number of amides is 1. The molecule has 0 unspecified atom stereocenters. The fourth-order valence-electron chi connectivity index (χ4n) is 1.42. The average Bonchev–Trinajstić information content (AvgIpc) is 2.86. The molecule has 0 aliphatic carbocycles. The maximum Gasteiger partial charge on any atom is 0.337 e. The summed E-state index contributed by atoms with van der Waals surface area (Å²) in [5, 5.41) is 9.76. The number of carbonyl (C=O) groups excluding carboxylic acids is 1. The van der Waals surface area contributed by atoms with Crippen molar-refractivity contribution in [3.05, 3.63) is 35.4 Å². The Morgan fingerprint density at radius 2 is 2.16 bits per heavy atom. The highest BCUT2D eigenvalue weighted by Gasteiger charge is 2.09. The number of alkyl halides is 1. The van der Waals surface area contributed by atoms with Gasteiger partial charge < -0.3 is 4.74 Å². The lowest BCUT2D eigenvalue weighted by Gasteiger charge is -2.02. The molecule has 19 heavy (non-hydrogen) atoms. The van der Waals surface area contributed by atoms with Crippen LogP contribution in [0.5, 0.6) is 6.01 Å². The minimum Gasteiger partial charge on any atom is -0.463 e. The number of ether oxygens (including phenoxy) is 1. The number of rotatable bonds is 5. The summed E-state index contributed by atoms with van der Waals surface area (Å²) in [5.41, 5.74) is 1.66. The number of aromatic amines is 1. The second kappa shape index (κ2) is 6.33. The highest BCUT2D eigenvalue weighted by molar-refractivity contribution is 9.08. The predicted molar refractivity (Wildman–Crippen MR) is 74.6 cm³/mol. The summed E-state index contributed by atoms with van der Waals surface area (Å²) in [7, 11) is 0. The Kier molecular flexibility index (Phi) is 4.51. The van der Waals surface area contributed by atoms with Gasteiger partial charge in [0.1, 0.15) is 0 Å². The number of H-pyrrole nitrogens is 1. The van der Waals surface area contributed by atoms with Crippen molar-refractivity contribution in [2.24, 2.45) is 0 Å². The summed E-state index contributed by atoms with van der Waals surface area (Å²) < 4.78 is 5.09. The first-order chi connectivity index (χ1) is 9.22. The fraction of sp³-hybridized carbons (Fsp3) is 0.250. The van der Waals surface area contributed by atoms with E-state index in [-0.39, 0.29) is 17.9 Å². The molecule has 0 saturated carbocycles. The third kappa shape index (κ3) is 3.54. The lowest BCUT2D eigenvalue weighted by atomic mass is 10.1. The molecule has 0 aliphatic rings. The number of hydrogen-bond donors (Lipinski definition) is 2. The van der Waals surface area contributed by atoms with Crippen LogP contribution in [0, 0.1) is 0 Å². The van der Waals surface area contributed by atoms with E-state index in [0.29, 0.717) is 12.2 Å². The van der Waals surface area contributed by atoms with E-state index in [1.807, 2.05) is 19.1 Å². The van der Waals surface area contributed by atoms with Crippen LogP contribution in [0.25, 0.3) is 0 Å². The van der Waals surface area contributed by atoms with E-state index in [0.717, 1.165) is 10.9 Å². The minimum atomic E-state index is -0.250. The first kappa shape index (κ1) is 13.5. The van der Waals surface area contributed by atoms with Crippen LogP contribution in [0.1, 0.15) is 22.8 Å². The summed E-state index contributed by atoms with van der Waals surface area (Å²) in [6.45, 7) is 2.30. The summed E-state index contributed by atoms with van der Waals surface area (Å²) in [4.78, 5) is 15.9. The van der Waals surface area contributed by atoms with Crippen LogP contribution in [-0.4, -0.2) is 27.7 Å². The molecule has 0 atom stereocenters. The normalized spacial score (nSPS) is 10.2. The molecule has 2 N–H and O–H groups in total. The molecule has 1 amide bonds. The Morgan fingerprint density at radius 3 is 2.79 bits per heavy atom. The molecule has 0 spiro atoms. The Labute approximate surface area is 118 Å². The summed E-state index contributed by atoms with van der Waals surface area (Å²) >= 11 is 3.35. The molecular weight excluding hydrogens is 312 g/mol. The molecule has 100 valence electrons. The maximum absolute atomic E-state index is 11.9. The van der Waals surface area contributed by atoms with Crippen molar-refractivity contribution in [2.75, 3.05) is 11.9 Å². The Bertz CT molecular complexity index is 553. The van der Waals surface area contributed by atoms with Crippen molar-refractivity contribution in [1.29, 1.82) is 0 Å². The highest BCUT2D eigenvalue weighted by Crippen LogP contribution is 2.10. The second-order valence-corrected chi connectivity index (χ2v) is 4.25. The van der Waals surface area contributed by atoms with Crippen LogP contribution >= 0.6 is 15.9 Å². The van der Waals surface area contributed by atoms with Crippen LogP contribution in [0.2, 0.25) is 0 Å². The molecule has 0 bridgehead atoms. The molecule has 2 aromatic rings. The Hall–Kier alpha value is -1.89. The number of aromatic nitrogens is 3. The van der Waals surface area contributed by atoms with Gasteiger partial charge in [0, 0.05) is 10.9 Å². The highest BCUT2D eigenvalue weighted by atomic mass is 79.9. The molecule has 0 saturated heterocycles. The molecular formula is C12H13BrN4O2. The largest absolute Gasteiger partial charge is 0.463 e. The number of nitrogens with one attached hydrogen (secondary N) is 2. The zero-order valence-corrected chi connectivity index (χ0v) is 11.9. The molecule has 0 radical (unpaired) electrons. The lowest BCUT2D eigenvalue weighted by Crippen LogP contribution is -2.12. The topological polar surface area (TPSA) is 79.9 Å². The molecule has 2 rings (SSSR count). The average molecular weight is 325 g/mol. The standard InChI is InChI=1S/C12H13BrN4O2/c1-2-19-12-15-11(16-17-12)14-10(18)9-5-3-8(7-13)4-6-9/h3-6H,2,7H2,1H3,(H2,14,15,16,17,18). The van der Waals surface area contributed by atoms with Crippen molar-refractivity contribution in [1.82, 2.24) is 15.2 Å². The fourth-order valence-corrected chi connectivity index (χ4v) is 1.79. The molecule has 0 fully saturated rings. The van der Waals surface area contributed by atoms with Gasteiger partial charge in [-0.2, -0.15) is 4.98 Å². The van der Waals surface area contributed by atoms with Gasteiger partial charge in [-0.05, 0) is 24.6 Å². The lowest BCUT2D eigenvalue weighted by molar-refractivity contribution is 0.102. The maximum atomic E-state index is 11.9. The SMILES string of the molecule is CCOc1n[nH]c(NC(=O)c2ccc(CBr)cc2)n1. The molecule has 0 aliphatic heterocycles. The van der Waals surface area contributed by atoms with E-state index < -0.39 is 0 Å². The van der Waals surface area contributed by atoms with E-state index in [1.54, 1.807) is 12.1 Å². The van der Waals surface area contributed by atoms with Crippen molar-refractivity contribution in [2.45, 2.75) is 12.3 Å². The van der Waals surface area contributed by atoms with Crippen LogP contribution in [-0.2, 0) is 5.33 Å². The number of carbonyl (C=O) groups is 1. The third-order valence-corrected chi connectivity index (χ3v) is 2.99. The summed E-state index contributed by atoms with van der Waals surface area (Å²) in [6, 6.07) is 7.50. The van der Waals surface area contributed by atoms with E-state index in [9.17, 15) is 4.79 Å². The Balaban J connectivity index is 2.02. The first-order valence-electron chi connectivity index (χ1n) is 5.74. The van der Waals surface area contributed by atoms with Gasteiger partial charge in [-0.3, -0.25) is 10.1 Å². The van der Waals surface area contributed by atoms with Crippen LogP contribution in [0.4, 0.5) is 5.95 Å². The number of benzene rings is 1. The van der Waals surface area contributed by atoms with Gasteiger partial charge in [0.15, 0.2) is 0 Å². The quantitative estimate of drug-likeness (QED) is 0.827. The van der Waals surface area contributed by atoms with Crippen molar-refractivity contribution in [3.63, 3.8) is 0 Å². The second-order valence-electron chi connectivity index (χ2n) is 3.68. The number of nitrogens with zero attached hydrogens (tertiary/aromatic N) is 2. The number of hydrogen-bond acceptors (Lipinski definition) is 4. The van der Waals surface area contributed by atoms with Gasteiger partial charge in [-0.15, -0.1) is 5.10 Å². The monoisotopic (exact) mass is 324 g/mol. The van der Waals surface area contributed by atoms with E-state index in [1.165, 1.54) is 0 Å². The smallest absolute Gasteiger partial charge is 0.337 e. The zero-order valence-electron chi connectivity index (χ0n) is 10.3. The first-order valence-corrected chi connectivity index (χ1v) is 6.86. The summed E-state index contributed by atoms with van der Waals surface area (Å²) in [6.07, 6.45) is 0. The molecule has 7 heteroatoms. The number of halogens is 1. The molecule has 1 aromatic heterocycles. The minimum absolute atomic E-state index is 0.215. The molecule has 6 nitrogen and oxygen atoms in total. The van der Waals surface area contributed by atoms with Crippen LogP contribution in [0.3, 0.4) is 0 Å². The van der Waals surface area contributed by atoms with Crippen molar-refractivity contribution < 1.29 is 9.53 Å². The van der Waals surface area contributed by atoms with Gasteiger partial charge in [-0.25, -0.2) is 5.10 Å². The third-order valence-electron chi connectivity index (χ3n) is 2.34. The van der Waals surface area contributed by atoms with E-state index in [4.69, 9.17) is 4.74 Å². The van der Waals surface area contributed by atoms with E-state index in [2.05, 4.69) is 36.4 Å². The Morgan fingerprint density at radius 1 is 1.42 bits per heavy atom. The van der Waals surface area contributed by atoms with Gasteiger partial charge in [0.05, 0.1) is 6.61 Å². The predicted octanol–water partition coefficient (Wildman–Crippen LogP) is 2.35. The van der Waals surface area contributed by atoms with Gasteiger partial charge >= 0.3 is 6.01 Å². The van der Waals surface area contributed by atoms with Gasteiger partial charge in [0.2, 0.25) is 5.95 Å². The van der Waals surface area contributed by atoms with Crippen LogP contribution < -0.4 is 10.1 Å². The van der Waals surface area contributed by atoms with Crippen LogP contribution in [0.15, 0.2) is 24.3 Å². The van der Waals surface area contributed by atoms with Gasteiger partial charge in [-0.1, -0.05) is 28.1 Å². The molecule has 1 heterocycles. The zero-order chi connectivity index (χ0) is 13.7. The van der Waals surface area contributed by atoms with Crippen molar-refractivity contribution >= 4 is 27.8 Å². The summed E-state index contributed by atoms with van der Waals surface area (Å²) in [5.74, 6) is 0.0124. The van der Waals surface area contributed by atoms with E-state index >= 15 is 0 Å². The van der Waals surface area contributed by atoms with Crippen molar-refractivity contribution in [3.8, 4) is 6.01 Å². The number of anilines is 1.